The molecule has 2 amide bonds. The van der Waals surface area contributed by atoms with E-state index in [1.807, 2.05) is 48.5 Å². The number of rotatable bonds is 7. The van der Waals surface area contributed by atoms with Gasteiger partial charge in [0.25, 0.3) is 16.8 Å². The van der Waals surface area contributed by atoms with E-state index in [-0.39, 0.29) is 30.0 Å². The van der Waals surface area contributed by atoms with E-state index in [9.17, 15) is 19.7 Å². The summed E-state index contributed by atoms with van der Waals surface area (Å²) in [5.74, 6) is 0.257. The first-order chi connectivity index (χ1) is 17.5. The molecule has 1 saturated heterocycles. The van der Waals surface area contributed by atoms with Crippen LogP contribution in [0.4, 0.5) is 10.5 Å². The molecule has 5 rings (SSSR count). The topological polar surface area (TPSA) is 89.7 Å². The number of benzene rings is 4. The minimum Gasteiger partial charge on any atom is -0.489 e. The molecule has 0 atom stereocenters. The van der Waals surface area contributed by atoms with E-state index >= 15 is 0 Å². The molecule has 36 heavy (non-hydrogen) atoms. The molecule has 4 aromatic carbocycles. The highest BCUT2D eigenvalue weighted by Gasteiger charge is 2.35. The fourth-order valence-corrected chi connectivity index (χ4v) is 4.80. The number of nitro benzene ring substituents is 1. The number of carbonyl (C=O) groups excluding carboxylic acids is 2. The number of ether oxygens (including phenoxy) is 1. The van der Waals surface area contributed by atoms with Crippen molar-refractivity contribution in [3.05, 3.63) is 123 Å². The standard InChI is InChI=1S/C28H20N2O5S/c31-27-26(36-28(32)29(27)17-22-8-4-7-21-6-1-2-10-25(21)22)16-20-5-3-9-24(15-20)35-18-19-11-13-23(14-12-19)30(33)34/h1-16H,17-18H2/b26-16-. The van der Waals surface area contributed by atoms with Crippen LogP contribution in [0.1, 0.15) is 16.7 Å². The third kappa shape index (κ3) is 4.99. The molecule has 0 radical (unpaired) electrons. The van der Waals surface area contributed by atoms with Crippen LogP contribution in [-0.2, 0) is 17.9 Å². The maximum Gasteiger partial charge on any atom is 0.293 e. The normalized spacial score (nSPS) is 14.6. The zero-order chi connectivity index (χ0) is 25.1. The number of hydrogen-bond acceptors (Lipinski definition) is 6. The van der Waals surface area contributed by atoms with Gasteiger partial charge in [-0.15, -0.1) is 0 Å². The lowest BCUT2D eigenvalue weighted by Gasteiger charge is -2.14. The van der Waals surface area contributed by atoms with Crippen molar-refractivity contribution in [1.82, 2.24) is 4.90 Å². The van der Waals surface area contributed by atoms with Gasteiger partial charge in [-0.05, 0) is 69.6 Å². The highest BCUT2D eigenvalue weighted by molar-refractivity contribution is 8.18. The van der Waals surface area contributed by atoms with Crippen LogP contribution >= 0.6 is 11.8 Å². The molecule has 0 N–H and O–H groups in total. The Morgan fingerprint density at radius 2 is 1.67 bits per heavy atom. The number of fused-ring (bicyclic) bond motifs is 1. The second kappa shape index (κ2) is 10.1. The molecule has 178 valence electrons. The lowest BCUT2D eigenvalue weighted by atomic mass is 10.0. The van der Waals surface area contributed by atoms with Crippen LogP contribution < -0.4 is 4.74 Å². The fourth-order valence-electron chi connectivity index (χ4n) is 3.96. The number of imide groups is 1. The summed E-state index contributed by atoms with van der Waals surface area (Å²) < 4.78 is 5.82. The minimum absolute atomic E-state index is 0.0233. The lowest BCUT2D eigenvalue weighted by molar-refractivity contribution is -0.384. The molecule has 1 aliphatic heterocycles. The maximum atomic E-state index is 13.1. The highest BCUT2D eigenvalue weighted by atomic mass is 32.2. The molecular weight excluding hydrogens is 476 g/mol. The second-order valence-electron chi connectivity index (χ2n) is 8.19. The first-order valence-electron chi connectivity index (χ1n) is 11.2. The van der Waals surface area contributed by atoms with Gasteiger partial charge in [0.2, 0.25) is 0 Å². The first-order valence-corrected chi connectivity index (χ1v) is 12.0. The van der Waals surface area contributed by atoms with Crippen LogP contribution in [0.25, 0.3) is 16.8 Å². The SMILES string of the molecule is O=C1S/C(=C\c2cccc(OCc3ccc([N+](=O)[O-])cc3)c2)C(=O)N1Cc1cccc2ccccc12. The Balaban J connectivity index is 1.29. The summed E-state index contributed by atoms with van der Waals surface area (Å²) in [6.07, 6.45) is 1.69. The summed E-state index contributed by atoms with van der Waals surface area (Å²) in [6.45, 7) is 0.449. The molecule has 4 aromatic rings. The number of non-ortho nitro benzene ring substituents is 1. The molecule has 0 saturated carbocycles. The van der Waals surface area contributed by atoms with Gasteiger partial charge in [0.1, 0.15) is 12.4 Å². The average Bonchev–Trinajstić information content (AvgIpc) is 3.15. The number of amides is 2. The van der Waals surface area contributed by atoms with Gasteiger partial charge in [-0.1, -0.05) is 54.6 Å². The van der Waals surface area contributed by atoms with E-state index in [4.69, 9.17) is 4.74 Å². The maximum absolute atomic E-state index is 13.1. The number of hydrogen-bond donors (Lipinski definition) is 0. The van der Waals surface area contributed by atoms with E-state index in [1.165, 1.54) is 17.0 Å². The van der Waals surface area contributed by atoms with Gasteiger partial charge in [0.15, 0.2) is 0 Å². The third-order valence-corrected chi connectivity index (χ3v) is 6.70. The molecule has 8 heteroatoms. The quantitative estimate of drug-likeness (QED) is 0.163. The number of carbonyl (C=O) groups is 2. The Labute approximate surface area is 211 Å². The molecule has 1 heterocycles. The van der Waals surface area contributed by atoms with Gasteiger partial charge < -0.3 is 4.74 Å². The van der Waals surface area contributed by atoms with E-state index < -0.39 is 4.92 Å². The Hall–Kier alpha value is -4.43. The van der Waals surface area contributed by atoms with Gasteiger partial charge in [-0.3, -0.25) is 24.6 Å². The van der Waals surface area contributed by atoms with Crippen molar-refractivity contribution in [2.24, 2.45) is 0 Å². The van der Waals surface area contributed by atoms with E-state index in [0.717, 1.165) is 39.2 Å². The summed E-state index contributed by atoms with van der Waals surface area (Å²) >= 11 is 0.924. The Kier molecular flexibility index (Phi) is 6.51. The van der Waals surface area contributed by atoms with Crippen molar-refractivity contribution < 1.29 is 19.2 Å². The van der Waals surface area contributed by atoms with Gasteiger partial charge in [-0.25, -0.2) is 0 Å². The van der Waals surface area contributed by atoms with Crippen molar-refractivity contribution in [2.45, 2.75) is 13.2 Å². The molecule has 1 aliphatic rings. The van der Waals surface area contributed by atoms with Crippen LogP contribution in [0, 0.1) is 10.1 Å². The van der Waals surface area contributed by atoms with Gasteiger partial charge in [0, 0.05) is 12.1 Å². The predicted molar refractivity (Wildman–Crippen MR) is 139 cm³/mol. The number of thioether (sulfide) groups is 1. The largest absolute Gasteiger partial charge is 0.489 e. The number of nitro groups is 1. The second-order valence-corrected chi connectivity index (χ2v) is 9.18. The Bertz CT molecular complexity index is 1510. The monoisotopic (exact) mass is 496 g/mol. The lowest BCUT2D eigenvalue weighted by Crippen LogP contribution is -2.27. The molecule has 0 spiro atoms. The summed E-state index contributed by atoms with van der Waals surface area (Å²) in [4.78, 5) is 37.7. The molecule has 0 unspecified atom stereocenters. The highest BCUT2D eigenvalue weighted by Crippen LogP contribution is 2.34. The molecular formula is C28H20N2O5S. The van der Waals surface area contributed by atoms with E-state index in [0.29, 0.717) is 10.7 Å². The summed E-state index contributed by atoms with van der Waals surface area (Å²) in [7, 11) is 0. The van der Waals surface area contributed by atoms with Crippen LogP contribution in [0.2, 0.25) is 0 Å². The Morgan fingerprint density at radius 3 is 2.47 bits per heavy atom. The van der Waals surface area contributed by atoms with Crippen molar-refractivity contribution in [2.75, 3.05) is 0 Å². The van der Waals surface area contributed by atoms with Crippen molar-refractivity contribution in [3.8, 4) is 5.75 Å². The molecule has 7 nitrogen and oxygen atoms in total. The molecule has 0 aliphatic carbocycles. The zero-order valence-corrected chi connectivity index (χ0v) is 19.8. The van der Waals surface area contributed by atoms with Gasteiger partial charge >= 0.3 is 0 Å². The van der Waals surface area contributed by atoms with Gasteiger partial charge in [-0.2, -0.15) is 0 Å². The first kappa shape index (κ1) is 23.3. The Morgan fingerprint density at radius 1 is 0.917 bits per heavy atom. The third-order valence-electron chi connectivity index (χ3n) is 5.79. The molecule has 1 fully saturated rings. The van der Waals surface area contributed by atoms with E-state index in [2.05, 4.69) is 0 Å². The van der Waals surface area contributed by atoms with Crippen molar-refractivity contribution >= 4 is 45.4 Å². The van der Waals surface area contributed by atoms with Gasteiger partial charge in [0.05, 0.1) is 16.4 Å². The smallest absolute Gasteiger partial charge is 0.293 e. The van der Waals surface area contributed by atoms with Crippen LogP contribution in [-0.4, -0.2) is 21.0 Å². The summed E-state index contributed by atoms with van der Waals surface area (Å²) in [6, 6.07) is 27.1. The molecule has 0 bridgehead atoms. The van der Waals surface area contributed by atoms with Crippen molar-refractivity contribution in [1.29, 1.82) is 0 Å². The van der Waals surface area contributed by atoms with E-state index in [1.54, 1.807) is 36.4 Å². The molecule has 0 aromatic heterocycles. The number of nitrogens with zero attached hydrogens (tertiary/aromatic N) is 2. The van der Waals surface area contributed by atoms with Crippen LogP contribution in [0.3, 0.4) is 0 Å². The van der Waals surface area contributed by atoms with Crippen LogP contribution in [0.15, 0.2) is 95.9 Å². The fraction of sp³-hybridized carbons (Fsp3) is 0.0714. The minimum atomic E-state index is -0.447. The summed E-state index contributed by atoms with van der Waals surface area (Å²) in [5.41, 5.74) is 2.46. The zero-order valence-electron chi connectivity index (χ0n) is 19.0. The average molecular weight is 497 g/mol. The predicted octanol–water partition coefficient (Wildman–Crippen LogP) is 6.56. The van der Waals surface area contributed by atoms with Crippen LogP contribution in [0.5, 0.6) is 5.75 Å². The van der Waals surface area contributed by atoms with Crippen molar-refractivity contribution in [3.63, 3.8) is 0 Å². The summed E-state index contributed by atoms with van der Waals surface area (Å²) in [5, 5.41) is 12.6.